The van der Waals surface area contributed by atoms with Crippen molar-refractivity contribution in [3.05, 3.63) is 17.9 Å². The molecule has 0 aromatic carbocycles. The number of esters is 1. The van der Waals surface area contributed by atoms with E-state index in [9.17, 15) is 4.79 Å². The van der Waals surface area contributed by atoms with Crippen molar-refractivity contribution < 1.29 is 9.53 Å². The van der Waals surface area contributed by atoms with Gasteiger partial charge in [-0.2, -0.15) is 0 Å². The van der Waals surface area contributed by atoms with E-state index in [1.807, 2.05) is 0 Å². The van der Waals surface area contributed by atoms with Gasteiger partial charge in [-0.15, -0.1) is 5.73 Å². The summed E-state index contributed by atoms with van der Waals surface area (Å²) in [5.74, 6) is -0.466. The number of carbonyl (C=O) groups excluding carboxylic acids is 1. The lowest BCUT2D eigenvalue weighted by Crippen LogP contribution is -2.43. The highest BCUT2D eigenvalue weighted by atomic mass is 16.5. The largest absolute Gasteiger partial charge is 0.467 e. The van der Waals surface area contributed by atoms with Gasteiger partial charge in [0.2, 0.25) is 0 Å². The third-order valence-electron chi connectivity index (χ3n) is 1.18. The van der Waals surface area contributed by atoms with Crippen molar-refractivity contribution in [2.24, 2.45) is 5.73 Å². The predicted molar refractivity (Wildman–Crippen MR) is 42.9 cm³/mol. The highest BCUT2D eigenvalue weighted by Gasteiger charge is 2.25. The molecule has 0 fully saturated rings. The van der Waals surface area contributed by atoms with Crippen molar-refractivity contribution in [3.8, 4) is 0 Å². The molecule has 0 spiro atoms. The van der Waals surface area contributed by atoms with E-state index in [2.05, 4.69) is 10.5 Å². The minimum Gasteiger partial charge on any atom is -0.467 e. The molecule has 0 saturated heterocycles. The summed E-state index contributed by atoms with van der Waals surface area (Å²) in [5.41, 5.74) is 7.20. The van der Waals surface area contributed by atoms with Gasteiger partial charge in [-0.05, 0) is 26.0 Å². The average Bonchev–Trinajstić information content (AvgIpc) is 1.99. The van der Waals surface area contributed by atoms with Crippen LogP contribution in [0.25, 0.3) is 0 Å². The first-order chi connectivity index (χ1) is 5.04. The molecule has 3 nitrogen and oxygen atoms in total. The Labute approximate surface area is 66.5 Å². The molecule has 0 aromatic rings. The third-order valence-corrected chi connectivity index (χ3v) is 1.18. The Morgan fingerprint density at radius 2 is 2.27 bits per heavy atom. The Bertz CT molecular complexity index is 196. The molecule has 0 aliphatic heterocycles. The Morgan fingerprint density at radius 1 is 1.73 bits per heavy atom. The van der Waals surface area contributed by atoms with Crippen molar-refractivity contribution >= 4 is 5.97 Å². The molecule has 62 valence electrons. The number of nitrogens with two attached hydrogens (primary N) is 1. The van der Waals surface area contributed by atoms with Gasteiger partial charge in [-0.25, -0.2) is 4.79 Å². The molecule has 11 heavy (non-hydrogen) atoms. The Kier molecular flexibility index (Phi) is 3.58. The van der Waals surface area contributed by atoms with Gasteiger partial charge in [0, 0.05) is 0 Å². The fourth-order valence-electron chi connectivity index (χ4n) is 0.535. The molecule has 0 saturated carbocycles. The maximum absolute atomic E-state index is 10.9. The summed E-state index contributed by atoms with van der Waals surface area (Å²) < 4.78 is 4.46. The molecule has 0 heterocycles. The van der Waals surface area contributed by atoms with Crippen LogP contribution in [0.5, 0.6) is 0 Å². The summed E-state index contributed by atoms with van der Waals surface area (Å²) in [6, 6.07) is 0. The molecule has 0 aromatic heterocycles. The first kappa shape index (κ1) is 9.95. The van der Waals surface area contributed by atoms with Crippen LogP contribution < -0.4 is 5.73 Å². The fourth-order valence-corrected chi connectivity index (χ4v) is 0.535. The molecule has 0 radical (unpaired) electrons. The smallest absolute Gasteiger partial charge is 0.330 e. The van der Waals surface area contributed by atoms with E-state index in [1.165, 1.54) is 13.2 Å². The van der Waals surface area contributed by atoms with Crippen LogP contribution in [-0.2, 0) is 9.53 Å². The number of carbonyl (C=O) groups is 1. The van der Waals surface area contributed by atoms with E-state index in [0.29, 0.717) is 0 Å². The lowest BCUT2D eigenvalue weighted by Gasteiger charge is -2.14. The third kappa shape index (κ3) is 3.03. The van der Waals surface area contributed by atoms with E-state index < -0.39 is 11.5 Å². The predicted octanol–water partition coefficient (Wildman–Crippen LogP) is 0.608. The summed E-state index contributed by atoms with van der Waals surface area (Å²) >= 11 is 0. The molecule has 0 amide bonds. The lowest BCUT2D eigenvalue weighted by molar-refractivity contribution is -0.144. The van der Waals surface area contributed by atoms with Crippen molar-refractivity contribution in [3.63, 3.8) is 0 Å². The van der Waals surface area contributed by atoms with Crippen LogP contribution in [0.2, 0.25) is 0 Å². The molecule has 1 unspecified atom stereocenters. The fraction of sp³-hybridized carbons (Fsp3) is 0.500. The lowest BCUT2D eigenvalue weighted by atomic mass is 10.1. The van der Waals surface area contributed by atoms with Crippen molar-refractivity contribution in [2.45, 2.75) is 19.4 Å². The van der Waals surface area contributed by atoms with Crippen molar-refractivity contribution in [1.29, 1.82) is 0 Å². The van der Waals surface area contributed by atoms with Crippen LogP contribution in [0.4, 0.5) is 0 Å². The van der Waals surface area contributed by atoms with Gasteiger partial charge < -0.3 is 10.5 Å². The van der Waals surface area contributed by atoms with Gasteiger partial charge in [0.1, 0.15) is 5.54 Å². The number of ether oxygens (including phenoxy) is 1. The van der Waals surface area contributed by atoms with E-state index in [-0.39, 0.29) is 0 Å². The second-order valence-corrected chi connectivity index (χ2v) is 2.37. The zero-order chi connectivity index (χ0) is 8.91. The summed E-state index contributed by atoms with van der Waals surface area (Å²) in [4.78, 5) is 10.9. The van der Waals surface area contributed by atoms with Crippen LogP contribution in [0.15, 0.2) is 17.9 Å². The number of hydrogen-bond donors (Lipinski definition) is 1. The van der Waals surface area contributed by atoms with Gasteiger partial charge in [-0.1, -0.05) is 0 Å². The normalized spacial score (nSPS) is 14.2. The highest BCUT2D eigenvalue weighted by molar-refractivity contribution is 5.82. The SMILES string of the molecule is CC=C=CC(C)(N)C(=O)OC. The maximum Gasteiger partial charge on any atom is 0.330 e. The highest BCUT2D eigenvalue weighted by Crippen LogP contribution is 2.02. The number of hydrogen-bond acceptors (Lipinski definition) is 3. The van der Waals surface area contributed by atoms with Crippen LogP contribution >= 0.6 is 0 Å². The Hall–Kier alpha value is -1.05. The maximum atomic E-state index is 10.9. The van der Waals surface area contributed by atoms with Crippen LogP contribution in [-0.4, -0.2) is 18.6 Å². The Morgan fingerprint density at radius 3 is 2.64 bits per heavy atom. The zero-order valence-electron chi connectivity index (χ0n) is 7.05. The van der Waals surface area contributed by atoms with Gasteiger partial charge in [0.05, 0.1) is 7.11 Å². The molecule has 2 N–H and O–H groups in total. The molecular weight excluding hydrogens is 142 g/mol. The summed E-state index contributed by atoms with van der Waals surface area (Å²) in [5, 5.41) is 0. The molecule has 0 bridgehead atoms. The molecule has 1 atom stereocenters. The van der Waals surface area contributed by atoms with Crippen LogP contribution in [0.1, 0.15) is 13.8 Å². The number of rotatable bonds is 2. The molecule has 0 aliphatic rings. The van der Waals surface area contributed by atoms with Gasteiger partial charge in [0.25, 0.3) is 0 Å². The molecule has 3 heteroatoms. The van der Waals surface area contributed by atoms with E-state index >= 15 is 0 Å². The second-order valence-electron chi connectivity index (χ2n) is 2.37. The van der Waals surface area contributed by atoms with Gasteiger partial charge in [-0.3, -0.25) is 0 Å². The van der Waals surface area contributed by atoms with E-state index in [4.69, 9.17) is 5.73 Å². The van der Waals surface area contributed by atoms with Crippen LogP contribution in [0, 0.1) is 0 Å². The first-order valence-corrected chi connectivity index (χ1v) is 3.30. The molecule has 0 aliphatic carbocycles. The second kappa shape index (κ2) is 3.96. The minimum atomic E-state index is -1.07. The quantitative estimate of drug-likeness (QED) is 0.469. The Balaban J connectivity index is 4.46. The van der Waals surface area contributed by atoms with E-state index in [1.54, 1.807) is 19.9 Å². The molecule has 0 rings (SSSR count). The average molecular weight is 155 g/mol. The van der Waals surface area contributed by atoms with Gasteiger partial charge in [0.15, 0.2) is 0 Å². The van der Waals surface area contributed by atoms with Crippen molar-refractivity contribution in [2.75, 3.05) is 7.11 Å². The topological polar surface area (TPSA) is 52.3 Å². The summed E-state index contributed by atoms with van der Waals surface area (Å²) in [7, 11) is 1.30. The number of methoxy groups -OCH3 is 1. The van der Waals surface area contributed by atoms with E-state index in [0.717, 1.165) is 0 Å². The molecular formula is C8H13NO2. The summed E-state index contributed by atoms with van der Waals surface area (Å²) in [6.45, 7) is 3.36. The van der Waals surface area contributed by atoms with Gasteiger partial charge >= 0.3 is 5.97 Å². The standard InChI is InChI=1S/C8H13NO2/c1-4-5-6-8(2,9)7(10)11-3/h4,6H,9H2,1-3H3. The summed E-state index contributed by atoms with van der Waals surface area (Å²) in [6.07, 6.45) is 3.15. The van der Waals surface area contributed by atoms with Crippen LogP contribution in [0.3, 0.4) is 0 Å². The minimum absolute atomic E-state index is 0.466. The van der Waals surface area contributed by atoms with Crippen molar-refractivity contribution in [1.82, 2.24) is 0 Å². The zero-order valence-corrected chi connectivity index (χ0v) is 7.05. The monoisotopic (exact) mass is 155 g/mol. The first-order valence-electron chi connectivity index (χ1n) is 3.30.